The lowest BCUT2D eigenvalue weighted by atomic mass is 10.1. The molecule has 0 saturated carbocycles. The van der Waals surface area contributed by atoms with Crippen LogP contribution in [0.1, 0.15) is 11.3 Å². The molecule has 0 saturated heterocycles. The Labute approximate surface area is 191 Å². The van der Waals surface area contributed by atoms with Gasteiger partial charge in [0, 0.05) is 29.6 Å². The number of pyridine rings is 1. The largest absolute Gasteiger partial charge is 0.419 e. The van der Waals surface area contributed by atoms with Crippen molar-refractivity contribution >= 4 is 30.9 Å². The van der Waals surface area contributed by atoms with Gasteiger partial charge in [-0.1, -0.05) is 18.2 Å². The summed E-state index contributed by atoms with van der Waals surface area (Å²) in [7, 11) is -8.46. The number of rotatable bonds is 4. The zero-order chi connectivity index (χ0) is 24.9. The maximum Gasteiger partial charge on any atom is 0.419 e. The van der Waals surface area contributed by atoms with Crippen molar-refractivity contribution in [2.45, 2.75) is 16.2 Å². The molecule has 1 aromatic carbocycles. The Morgan fingerprint density at radius 2 is 1.68 bits per heavy atom. The van der Waals surface area contributed by atoms with Gasteiger partial charge >= 0.3 is 6.18 Å². The Balaban J connectivity index is 2.13. The highest BCUT2D eigenvalue weighted by atomic mass is 32.2. The lowest BCUT2D eigenvalue weighted by Crippen LogP contribution is -2.14. The van der Waals surface area contributed by atoms with Crippen LogP contribution in [0.3, 0.4) is 0 Å². The van der Waals surface area contributed by atoms with Crippen LogP contribution in [0, 0.1) is 11.3 Å². The average Bonchev–Trinajstić information content (AvgIpc) is 3.17. The number of benzene rings is 1. The molecule has 0 N–H and O–H groups in total. The van der Waals surface area contributed by atoms with Gasteiger partial charge in [-0.15, -0.1) is 0 Å². The third-order valence-electron chi connectivity index (χ3n) is 4.69. The molecule has 0 fully saturated rings. The number of sulfone groups is 1. The van der Waals surface area contributed by atoms with Gasteiger partial charge in [-0.25, -0.2) is 35.8 Å². The minimum absolute atomic E-state index is 0.0952. The van der Waals surface area contributed by atoms with Crippen molar-refractivity contribution in [3.63, 3.8) is 0 Å². The van der Waals surface area contributed by atoms with E-state index in [1.165, 1.54) is 36.4 Å². The molecule has 4 rings (SSSR count). The van der Waals surface area contributed by atoms with Crippen LogP contribution in [0.5, 0.6) is 0 Å². The zero-order valence-electron chi connectivity index (χ0n) is 17.0. The fourth-order valence-electron chi connectivity index (χ4n) is 3.17. The molecule has 0 spiro atoms. The fraction of sp³-hybridized carbons (Fsp3) is 0.100. The molecule has 0 radical (unpaired) electrons. The number of halogens is 3. The first-order valence-electron chi connectivity index (χ1n) is 9.21. The Morgan fingerprint density at radius 1 is 1.00 bits per heavy atom. The molecule has 174 valence electrons. The van der Waals surface area contributed by atoms with E-state index in [4.69, 9.17) is 0 Å². The van der Waals surface area contributed by atoms with Crippen molar-refractivity contribution in [1.82, 2.24) is 18.9 Å². The number of nitriles is 1. The van der Waals surface area contributed by atoms with Crippen LogP contribution in [0.4, 0.5) is 13.2 Å². The number of aromatic nitrogens is 4. The Kier molecular flexibility index (Phi) is 5.41. The molecule has 0 aliphatic carbocycles. The molecule has 3 heterocycles. The molecule has 0 atom stereocenters. The monoisotopic (exact) mass is 507 g/mol. The van der Waals surface area contributed by atoms with Gasteiger partial charge < -0.3 is 0 Å². The van der Waals surface area contributed by atoms with E-state index in [1.54, 1.807) is 12.1 Å². The van der Waals surface area contributed by atoms with E-state index in [0.29, 0.717) is 10.2 Å². The van der Waals surface area contributed by atoms with Gasteiger partial charge in [0.05, 0.1) is 10.6 Å². The van der Waals surface area contributed by atoms with Crippen molar-refractivity contribution < 1.29 is 30.0 Å². The standard InChI is InChI=1S/C20H12F3N5O4S2/c1-33(29,30)19-25-10-16(20(21,22)23)17(27-19)15-11-28(18-14(15)8-7-12(9-24)26-18)34(31,32)13-5-3-2-4-6-13/h2-8,10-11H,1H3. The summed E-state index contributed by atoms with van der Waals surface area (Å²) in [5.41, 5.74) is -3.09. The summed E-state index contributed by atoms with van der Waals surface area (Å²) in [6, 6.07) is 11.2. The van der Waals surface area contributed by atoms with E-state index < -0.39 is 42.5 Å². The molecule has 0 amide bonds. The first-order valence-corrected chi connectivity index (χ1v) is 12.5. The minimum Gasteiger partial charge on any atom is -0.226 e. The van der Waals surface area contributed by atoms with Gasteiger partial charge in [-0.05, 0) is 24.3 Å². The van der Waals surface area contributed by atoms with Gasteiger partial charge in [0.25, 0.3) is 10.0 Å². The zero-order valence-corrected chi connectivity index (χ0v) is 18.6. The minimum atomic E-state index is -4.99. The molecule has 9 nitrogen and oxygen atoms in total. The highest BCUT2D eigenvalue weighted by Gasteiger charge is 2.37. The summed E-state index contributed by atoms with van der Waals surface area (Å²) in [4.78, 5) is 10.7. The first-order chi connectivity index (χ1) is 15.8. The number of fused-ring (bicyclic) bond motifs is 1. The van der Waals surface area contributed by atoms with Gasteiger partial charge in [0.2, 0.25) is 15.0 Å². The fourth-order valence-corrected chi connectivity index (χ4v) is 5.01. The highest BCUT2D eigenvalue weighted by molar-refractivity contribution is 7.90. The second-order valence-electron chi connectivity index (χ2n) is 7.02. The predicted molar refractivity (Wildman–Crippen MR) is 113 cm³/mol. The first kappa shape index (κ1) is 23.3. The molecule has 4 aromatic rings. The van der Waals surface area contributed by atoms with E-state index in [0.717, 1.165) is 12.5 Å². The Bertz CT molecular complexity index is 1690. The van der Waals surface area contributed by atoms with E-state index in [-0.39, 0.29) is 27.2 Å². The van der Waals surface area contributed by atoms with Gasteiger partial charge in [0.1, 0.15) is 17.3 Å². The van der Waals surface area contributed by atoms with E-state index in [2.05, 4.69) is 15.0 Å². The molecule has 3 aromatic heterocycles. The third-order valence-corrected chi connectivity index (χ3v) is 7.22. The van der Waals surface area contributed by atoms with Crippen LogP contribution in [0.25, 0.3) is 22.3 Å². The van der Waals surface area contributed by atoms with Crippen LogP contribution in [0.15, 0.2) is 64.9 Å². The lowest BCUT2D eigenvalue weighted by Gasteiger charge is -2.12. The molecule has 14 heteroatoms. The van der Waals surface area contributed by atoms with Crippen LogP contribution in [-0.2, 0) is 26.0 Å². The van der Waals surface area contributed by atoms with Gasteiger partial charge in [0.15, 0.2) is 5.65 Å². The summed E-state index contributed by atoms with van der Waals surface area (Å²) in [6.07, 6.45) is -3.07. The predicted octanol–water partition coefficient (Wildman–Crippen LogP) is 3.02. The quantitative estimate of drug-likeness (QED) is 0.385. The summed E-state index contributed by atoms with van der Waals surface area (Å²) in [5.74, 6) is 0. The van der Waals surface area contributed by atoms with E-state index in [9.17, 15) is 35.3 Å². The lowest BCUT2D eigenvalue weighted by molar-refractivity contribution is -0.137. The molecule has 0 aliphatic heterocycles. The van der Waals surface area contributed by atoms with Gasteiger partial charge in [-0.2, -0.15) is 18.4 Å². The third kappa shape index (κ3) is 3.99. The van der Waals surface area contributed by atoms with Crippen LogP contribution < -0.4 is 0 Å². The van der Waals surface area contributed by atoms with Gasteiger partial charge in [-0.3, -0.25) is 0 Å². The van der Waals surface area contributed by atoms with Crippen LogP contribution >= 0.6 is 0 Å². The second-order valence-corrected chi connectivity index (χ2v) is 10.7. The molecule has 34 heavy (non-hydrogen) atoms. The van der Waals surface area contributed by atoms with Crippen molar-refractivity contribution in [1.29, 1.82) is 5.26 Å². The van der Waals surface area contributed by atoms with Crippen molar-refractivity contribution in [2.75, 3.05) is 6.26 Å². The smallest absolute Gasteiger partial charge is 0.226 e. The maximum atomic E-state index is 13.8. The molecule has 0 aliphatic rings. The topological polar surface area (TPSA) is 136 Å². The summed E-state index contributed by atoms with van der Waals surface area (Å²) >= 11 is 0. The Morgan fingerprint density at radius 3 is 2.26 bits per heavy atom. The van der Waals surface area contributed by atoms with Crippen LogP contribution in [-0.4, -0.2) is 42.0 Å². The summed E-state index contributed by atoms with van der Waals surface area (Å²) in [5, 5.41) is 8.23. The van der Waals surface area contributed by atoms with E-state index in [1.807, 2.05) is 0 Å². The maximum absolute atomic E-state index is 13.8. The van der Waals surface area contributed by atoms with Crippen LogP contribution in [0.2, 0.25) is 0 Å². The summed E-state index contributed by atoms with van der Waals surface area (Å²) in [6.45, 7) is 0. The summed E-state index contributed by atoms with van der Waals surface area (Å²) < 4.78 is 92.4. The van der Waals surface area contributed by atoms with Crippen molar-refractivity contribution in [2.24, 2.45) is 0 Å². The SMILES string of the molecule is CS(=O)(=O)c1ncc(C(F)(F)F)c(-c2cn(S(=O)(=O)c3ccccc3)c3nc(C#N)ccc23)n1. The molecular weight excluding hydrogens is 495 g/mol. The number of nitrogens with zero attached hydrogens (tertiary/aromatic N) is 5. The Hall–Kier alpha value is -3.83. The highest BCUT2D eigenvalue weighted by Crippen LogP contribution is 2.39. The molecule has 0 bridgehead atoms. The van der Waals surface area contributed by atoms with Crippen molar-refractivity contribution in [3.05, 3.63) is 66.1 Å². The normalized spacial score (nSPS) is 12.6. The average molecular weight is 507 g/mol. The molecule has 0 unspecified atom stereocenters. The molecular formula is C20H12F3N5O4S2. The second kappa shape index (κ2) is 7.89. The van der Waals surface area contributed by atoms with E-state index >= 15 is 0 Å². The van der Waals surface area contributed by atoms with Crippen molar-refractivity contribution in [3.8, 4) is 17.3 Å². The number of hydrogen-bond acceptors (Lipinski definition) is 8. The number of alkyl halides is 3. The number of hydrogen-bond donors (Lipinski definition) is 0.